The predicted octanol–water partition coefficient (Wildman–Crippen LogP) is 4.43. The number of carbonyl (C=O) groups excluding carboxylic acids is 1. The van der Waals surface area contributed by atoms with E-state index in [2.05, 4.69) is 10.3 Å². The van der Waals surface area contributed by atoms with Crippen LogP contribution in [0.4, 0.5) is 9.52 Å². The van der Waals surface area contributed by atoms with Gasteiger partial charge >= 0.3 is 0 Å². The lowest BCUT2D eigenvalue weighted by Crippen LogP contribution is -2.06. The van der Waals surface area contributed by atoms with E-state index >= 15 is 0 Å². The number of aromatic nitrogens is 1. The first kappa shape index (κ1) is 16.1. The number of halogens is 1. The second-order valence-corrected chi connectivity index (χ2v) is 6.32. The molecule has 0 radical (unpaired) electrons. The second-order valence-electron chi connectivity index (χ2n) is 5.21. The zero-order chi connectivity index (χ0) is 16.9. The molecular weight excluding hydrogens is 327 g/mol. The Bertz CT molecular complexity index is 865. The normalized spacial score (nSPS) is 11.1. The Labute approximate surface area is 142 Å². The lowest BCUT2D eigenvalue weighted by atomic mass is 10.1. The van der Waals surface area contributed by atoms with Crippen LogP contribution < -0.4 is 5.32 Å². The first-order chi connectivity index (χ1) is 11.6. The van der Waals surface area contributed by atoms with Gasteiger partial charge in [-0.1, -0.05) is 12.1 Å². The number of amides is 1. The number of hydrogen-bond donors (Lipinski definition) is 1. The van der Waals surface area contributed by atoms with Gasteiger partial charge in [0.25, 0.3) is 0 Å². The molecule has 122 valence electrons. The van der Waals surface area contributed by atoms with Gasteiger partial charge < -0.3 is 4.42 Å². The number of rotatable bonds is 5. The average Bonchev–Trinajstić information content (AvgIpc) is 3.17. The summed E-state index contributed by atoms with van der Waals surface area (Å²) >= 11 is 1.39. The molecule has 4 nitrogen and oxygen atoms in total. The molecular formula is C18H15FN2O2S. The number of furan rings is 1. The van der Waals surface area contributed by atoms with Crippen LogP contribution in [0, 0.1) is 12.7 Å². The van der Waals surface area contributed by atoms with Crippen LogP contribution in [0.25, 0.3) is 6.08 Å². The van der Waals surface area contributed by atoms with Gasteiger partial charge in [-0.05, 0) is 42.8 Å². The molecule has 1 amide bonds. The maximum Gasteiger partial charge on any atom is 0.250 e. The van der Waals surface area contributed by atoms with Gasteiger partial charge in [0.2, 0.25) is 5.91 Å². The molecule has 3 aromatic rings. The smallest absolute Gasteiger partial charge is 0.250 e. The highest BCUT2D eigenvalue weighted by Crippen LogP contribution is 2.21. The summed E-state index contributed by atoms with van der Waals surface area (Å²) < 4.78 is 18.3. The number of nitrogens with one attached hydrogen (secondary N) is 1. The van der Waals surface area contributed by atoms with Crippen LogP contribution in [0.3, 0.4) is 0 Å². The van der Waals surface area contributed by atoms with E-state index < -0.39 is 0 Å². The Morgan fingerprint density at radius 1 is 1.29 bits per heavy atom. The lowest BCUT2D eigenvalue weighted by molar-refractivity contribution is -0.111. The van der Waals surface area contributed by atoms with Crippen LogP contribution in [-0.2, 0) is 11.2 Å². The molecule has 0 aliphatic carbocycles. The molecule has 2 aromatic heterocycles. The average molecular weight is 342 g/mol. The number of anilines is 1. The SMILES string of the molecule is Cc1ccc(C=CC(=O)Nc2ncc(Cc3ccc(F)cc3)s2)o1. The molecule has 2 heterocycles. The molecule has 0 aliphatic heterocycles. The van der Waals surface area contributed by atoms with Crippen LogP contribution in [0.1, 0.15) is 22.0 Å². The molecule has 0 saturated carbocycles. The highest BCUT2D eigenvalue weighted by Gasteiger charge is 2.06. The summed E-state index contributed by atoms with van der Waals surface area (Å²) in [6.07, 6.45) is 5.37. The van der Waals surface area contributed by atoms with Crippen molar-refractivity contribution in [3.05, 3.63) is 76.4 Å². The molecule has 24 heavy (non-hydrogen) atoms. The third-order valence-electron chi connectivity index (χ3n) is 3.24. The maximum atomic E-state index is 12.9. The molecule has 0 spiro atoms. The highest BCUT2D eigenvalue weighted by atomic mass is 32.1. The van der Waals surface area contributed by atoms with Gasteiger partial charge in [-0.15, -0.1) is 11.3 Å². The Balaban J connectivity index is 1.58. The number of aryl methyl sites for hydroxylation is 1. The van der Waals surface area contributed by atoms with Crippen LogP contribution in [0.15, 0.2) is 53.1 Å². The van der Waals surface area contributed by atoms with Crippen molar-refractivity contribution in [1.29, 1.82) is 0 Å². The van der Waals surface area contributed by atoms with Crippen LogP contribution >= 0.6 is 11.3 Å². The van der Waals surface area contributed by atoms with Crippen LogP contribution in [0.5, 0.6) is 0 Å². The minimum atomic E-state index is -0.272. The largest absolute Gasteiger partial charge is 0.462 e. The highest BCUT2D eigenvalue weighted by molar-refractivity contribution is 7.15. The monoisotopic (exact) mass is 342 g/mol. The fourth-order valence-electron chi connectivity index (χ4n) is 2.10. The molecule has 1 N–H and O–H groups in total. The summed E-state index contributed by atoms with van der Waals surface area (Å²) in [6.45, 7) is 1.84. The number of benzene rings is 1. The van der Waals surface area contributed by atoms with Gasteiger partial charge in [0.05, 0.1) is 0 Å². The van der Waals surface area contributed by atoms with Gasteiger partial charge in [0.15, 0.2) is 5.13 Å². The van der Waals surface area contributed by atoms with Crippen molar-refractivity contribution in [3.63, 3.8) is 0 Å². The van der Waals surface area contributed by atoms with E-state index in [1.165, 1.54) is 29.5 Å². The zero-order valence-corrected chi connectivity index (χ0v) is 13.8. The standard InChI is InChI=1S/C18H15FN2O2S/c1-12-2-7-15(23-12)8-9-17(22)21-18-20-11-16(24-18)10-13-3-5-14(19)6-4-13/h2-9,11H,10H2,1H3,(H,20,21,22). The zero-order valence-electron chi connectivity index (χ0n) is 13.0. The molecule has 0 aliphatic rings. The quantitative estimate of drug-likeness (QED) is 0.698. The van der Waals surface area contributed by atoms with E-state index in [1.807, 2.05) is 13.0 Å². The second kappa shape index (κ2) is 7.23. The predicted molar refractivity (Wildman–Crippen MR) is 92.4 cm³/mol. The van der Waals surface area contributed by atoms with Gasteiger partial charge in [0.1, 0.15) is 17.3 Å². The van der Waals surface area contributed by atoms with Gasteiger partial charge in [-0.2, -0.15) is 0 Å². The van der Waals surface area contributed by atoms with E-state index in [1.54, 1.807) is 30.5 Å². The summed E-state index contributed by atoms with van der Waals surface area (Å²) in [7, 11) is 0. The molecule has 0 bridgehead atoms. The summed E-state index contributed by atoms with van der Waals surface area (Å²) in [5.74, 6) is 0.889. The minimum Gasteiger partial charge on any atom is -0.462 e. The third-order valence-corrected chi connectivity index (χ3v) is 4.15. The lowest BCUT2D eigenvalue weighted by Gasteiger charge is -1.98. The van der Waals surface area contributed by atoms with E-state index in [-0.39, 0.29) is 11.7 Å². The summed E-state index contributed by atoms with van der Waals surface area (Å²) in [4.78, 5) is 17.1. The molecule has 0 unspecified atom stereocenters. The van der Waals surface area contributed by atoms with Crippen molar-refractivity contribution in [1.82, 2.24) is 4.98 Å². The summed E-state index contributed by atoms with van der Waals surface area (Å²) in [5, 5.41) is 3.24. The molecule has 1 aromatic carbocycles. The van der Waals surface area contributed by atoms with Crippen molar-refractivity contribution in [2.75, 3.05) is 5.32 Å². The summed E-state index contributed by atoms with van der Waals surface area (Å²) in [6, 6.07) is 9.96. The first-order valence-corrected chi connectivity index (χ1v) is 8.15. The molecule has 0 fully saturated rings. The fourth-order valence-corrected chi connectivity index (χ4v) is 2.95. The van der Waals surface area contributed by atoms with Gasteiger partial charge in [0, 0.05) is 23.6 Å². The van der Waals surface area contributed by atoms with E-state index in [0.717, 1.165) is 16.2 Å². The summed E-state index contributed by atoms with van der Waals surface area (Å²) in [5.41, 5.74) is 0.992. The van der Waals surface area contributed by atoms with Crippen molar-refractivity contribution in [3.8, 4) is 0 Å². The van der Waals surface area contributed by atoms with Gasteiger partial charge in [-0.25, -0.2) is 9.37 Å². The van der Waals surface area contributed by atoms with Crippen molar-refractivity contribution < 1.29 is 13.6 Å². The third kappa shape index (κ3) is 4.39. The van der Waals surface area contributed by atoms with Crippen molar-refractivity contribution in [2.45, 2.75) is 13.3 Å². The molecule has 6 heteroatoms. The fraction of sp³-hybridized carbons (Fsp3) is 0.111. The van der Waals surface area contributed by atoms with Crippen molar-refractivity contribution in [2.24, 2.45) is 0 Å². The Hall–Kier alpha value is -2.73. The van der Waals surface area contributed by atoms with Gasteiger partial charge in [-0.3, -0.25) is 10.1 Å². The number of carbonyl (C=O) groups is 1. The Morgan fingerprint density at radius 3 is 2.79 bits per heavy atom. The van der Waals surface area contributed by atoms with Crippen LogP contribution in [0.2, 0.25) is 0 Å². The number of thiazole rings is 1. The van der Waals surface area contributed by atoms with E-state index in [0.29, 0.717) is 17.3 Å². The van der Waals surface area contributed by atoms with Crippen molar-refractivity contribution >= 4 is 28.5 Å². The van der Waals surface area contributed by atoms with E-state index in [9.17, 15) is 9.18 Å². The Morgan fingerprint density at radius 2 is 2.08 bits per heavy atom. The maximum absolute atomic E-state index is 12.9. The molecule has 0 atom stereocenters. The van der Waals surface area contributed by atoms with E-state index in [4.69, 9.17) is 4.42 Å². The topological polar surface area (TPSA) is 55.1 Å². The number of nitrogens with zero attached hydrogens (tertiary/aromatic N) is 1. The van der Waals surface area contributed by atoms with Crippen LogP contribution in [-0.4, -0.2) is 10.9 Å². The number of hydrogen-bond acceptors (Lipinski definition) is 4. The minimum absolute atomic E-state index is 0.255. The molecule has 3 rings (SSSR count). The Kier molecular flexibility index (Phi) is 4.86. The first-order valence-electron chi connectivity index (χ1n) is 7.33. The molecule has 0 saturated heterocycles.